The Morgan fingerprint density at radius 1 is 1.00 bits per heavy atom. The molecule has 0 unspecified atom stereocenters. The van der Waals surface area contributed by atoms with Crippen LogP contribution in [0.4, 0.5) is 0 Å². The average Bonchev–Trinajstić information content (AvgIpc) is 2.98. The predicted molar refractivity (Wildman–Crippen MR) is 82.8 cm³/mol. The molecule has 0 aliphatic carbocycles. The first-order valence-electron chi connectivity index (χ1n) is 7.28. The van der Waals surface area contributed by atoms with Crippen molar-refractivity contribution in [1.82, 2.24) is 5.32 Å². The number of phenols is 2. The average molecular weight is 315 g/mol. The summed E-state index contributed by atoms with van der Waals surface area (Å²) in [6.07, 6.45) is 0.832. The summed E-state index contributed by atoms with van der Waals surface area (Å²) < 4.78 is 10.5. The quantitative estimate of drug-likeness (QED) is 0.731. The zero-order valence-corrected chi connectivity index (χ0v) is 12.4. The maximum absolute atomic E-state index is 12.0. The van der Waals surface area contributed by atoms with Crippen LogP contribution in [-0.2, 0) is 17.6 Å². The van der Waals surface area contributed by atoms with Crippen molar-refractivity contribution < 1.29 is 24.5 Å². The molecule has 3 N–H and O–H groups in total. The highest BCUT2D eigenvalue weighted by atomic mass is 16.7. The number of ether oxygens (including phenoxy) is 2. The summed E-state index contributed by atoms with van der Waals surface area (Å²) in [5.74, 6) is 0.956. The standard InChI is InChI=1S/C17H17NO5/c19-13-3-1-11(7-14(13)20)5-6-18-17(21)9-12-2-4-15-16(8-12)23-10-22-15/h1-4,7-8,19-20H,5-6,9-10H2,(H,18,21). The molecule has 0 bridgehead atoms. The van der Waals surface area contributed by atoms with Gasteiger partial charge in [0, 0.05) is 6.54 Å². The number of hydrogen-bond donors (Lipinski definition) is 3. The minimum atomic E-state index is -0.158. The molecule has 6 heteroatoms. The highest BCUT2D eigenvalue weighted by molar-refractivity contribution is 5.78. The Labute approximate surface area is 133 Å². The highest BCUT2D eigenvalue weighted by Crippen LogP contribution is 2.32. The van der Waals surface area contributed by atoms with E-state index in [0.717, 1.165) is 11.1 Å². The fourth-order valence-corrected chi connectivity index (χ4v) is 2.37. The van der Waals surface area contributed by atoms with E-state index in [4.69, 9.17) is 9.47 Å². The molecule has 0 aromatic heterocycles. The van der Waals surface area contributed by atoms with Crippen molar-refractivity contribution in [2.24, 2.45) is 0 Å². The maximum atomic E-state index is 12.0. The van der Waals surface area contributed by atoms with Crippen molar-refractivity contribution in [3.05, 3.63) is 47.5 Å². The van der Waals surface area contributed by atoms with Crippen molar-refractivity contribution in [2.45, 2.75) is 12.8 Å². The van der Waals surface area contributed by atoms with E-state index in [1.54, 1.807) is 18.2 Å². The fourth-order valence-electron chi connectivity index (χ4n) is 2.37. The molecule has 1 heterocycles. The van der Waals surface area contributed by atoms with Crippen LogP contribution in [0, 0.1) is 0 Å². The van der Waals surface area contributed by atoms with Gasteiger partial charge in [0.05, 0.1) is 6.42 Å². The molecule has 0 radical (unpaired) electrons. The maximum Gasteiger partial charge on any atom is 0.231 e. The summed E-state index contributed by atoms with van der Waals surface area (Å²) in [6.45, 7) is 0.665. The number of rotatable bonds is 5. The second-order valence-electron chi connectivity index (χ2n) is 5.29. The van der Waals surface area contributed by atoms with Gasteiger partial charge in [-0.05, 0) is 41.8 Å². The molecule has 0 spiro atoms. The lowest BCUT2D eigenvalue weighted by Gasteiger charge is -2.07. The molecule has 2 aromatic rings. The van der Waals surface area contributed by atoms with Crippen molar-refractivity contribution in [3.8, 4) is 23.0 Å². The van der Waals surface area contributed by atoms with E-state index in [1.807, 2.05) is 6.07 Å². The summed E-state index contributed by atoms with van der Waals surface area (Å²) in [4.78, 5) is 12.0. The van der Waals surface area contributed by atoms with Crippen LogP contribution in [-0.4, -0.2) is 29.5 Å². The van der Waals surface area contributed by atoms with Gasteiger partial charge in [0.1, 0.15) is 0 Å². The van der Waals surface area contributed by atoms with Crippen LogP contribution in [0.1, 0.15) is 11.1 Å². The van der Waals surface area contributed by atoms with Gasteiger partial charge in [0.15, 0.2) is 23.0 Å². The van der Waals surface area contributed by atoms with Gasteiger partial charge in [0.2, 0.25) is 12.7 Å². The van der Waals surface area contributed by atoms with Gasteiger partial charge in [-0.15, -0.1) is 0 Å². The monoisotopic (exact) mass is 315 g/mol. The second-order valence-corrected chi connectivity index (χ2v) is 5.29. The lowest BCUT2D eigenvalue weighted by Crippen LogP contribution is -2.27. The molecular weight excluding hydrogens is 298 g/mol. The SMILES string of the molecule is O=C(Cc1ccc2c(c1)OCO2)NCCc1ccc(O)c(O)c1. The molecule has 3 rings (SSSR count). The third-order valence-electron chi connectivity index (χ3n) is 3.58. The number of hydrogen-bond acceptors (Lipinski definition) is 5. The minimum absolute atomic E-state index is 0.0909. The van der Waals surface area contributed by atoms with E-state index in [0.29, 0.717) is 24.5 Å². The van der Waals surface area contributed by atoms with Crippen LogP contribution in [0.3, 0.4) is 0 Å². The number of carbonyl (C=O) groups excluding carboxylic acids is 1. The zero-order chi connectivity index (χ0) is 16.2. The minimum Gasteiger partial charge on any atom is -0.504 e. The highest BCUT2D eigenvalue weighted by Gasteiger charge is 2.14. The fraction of sp³-hybridized carbons (Fsp3) is 0.235. The number of phenolic OH excluding ortho intramolecular Hbond substituents is 2. The molecule has 0 fully saturated rings. The Balaban J connectivity index is 1.49. The zero-order valence-electron chi connectivity index (χ0n) is 12.4. The van der Waals surface area contributed by atoms with Gasteiger partial charge < -0.3 is 25.0 Å². The summed E-state index contributed by atoms with van der Waals surface area (Å²) in [5, 5.41) is 21.5. The van der Waals surface area contributed by atoms with Gasteiger partial charge >= 0.3 is 0 Å². The summed E-state index contributed by atoms with van der Waals surface area (Å²) in [6, 6.07) is 10.1. The normalized spacial score (nSPS) is 12.2. The summed E-state index contributed by atoms with van der Waals surface area (Å²) >= 11 is 0. The van der Waals surface area contributed by atoms with Gasteiger partial charge in [-0.2, -0.15) is 0 Å². The van der Waals surface area contributed by atoms with Gasteiger partial charge in [0.25, 0.3) is 0 Å². The Kier molecular flexibility index (Phi) is 4.23. The van der Waals surface area contributed by atoms with Crippen molar-refractivity contribution >= 4 is 5.91 Å². The Bertz CT molecular complexity index is 729. The summed E-state index contributed by atoms with van der Waals surface area (Å²) in [5.41, 5.74) is 1.69. The molecule has 1 amide bonds. The molecule has 0 saturated heterocycles. The van der Waals surface area contributed by atoms with Crippen molar-refractivity contribution in [1.29, 1.82) is 0 Å². The van der Waals surface area contributed by atoms with Crippen LogP contribution in [0.2, 0.25) is 0 Å². The van der Waals surface area contributed by atoms with E-state index < -0.39 is 0 Å². The van der Waals surface area contributed by atoms with Crippen LogP contribution in [0.15, 0.2) is 36.4 Å². The topological polar surface area (TPSA) is 88.0 Å². The number of amides is 1. The van der Waals surface area contributed by atoms with E-state index in [-0.39, 0.29) is 30.6 Å². The molecule has 1 aliphatic rings. The predicted octanol–water partition coefficient (Wildman–Crippen LogP) is 1.73. The smallest absolute Gasteiger partial charge is 0.231 e. The van der Waals surface area contributed by atoms with E-state index in [1.165, 1.54) is 12.1 Å². The molecule has 23 heavy (non-hydrogen) atoms. The molecular formula is C17H17NO5. The molecule has 120 valence electrons. The van der Waals surface area contributed by atoms with Gasteiger partial charge in [-0.3, -0.25) is 4.79 Å². The largest absolute Gasteiger partial charge is 0.504 e. The first kappa shape index (κ1) is 15.0. The lowest BCUT2D eigenvalue weighted by atomic mass is 10.1. The Morgan fingerprint density at radius 3 is 2.61 bits per heavy atom. The summed E-state index contributed by atoms with van der Waals surface area (Å²) in [7, 11) is 0. The number of carbonyl (C=O) groups is 1. The first-order valence-corrected chi connectivity index (χ1v) is 7.28. The second kappa shape index (κ2) is 6.48. The molecule has 0 atom stereocenters. The Hall–Kier alpha value is -2.89. The molecule has 2 aromatic carbocycles. The van der Waals surface area contributed by atoms with Crippen molar-refractivity contribution in [3.63, 3.8) is 0 Å². The number of aromatic hydroxyl groups is 2. The van der Waals surface area contributed by atoms with Gasteiger partial charge in [-0.1, -0.05) is 12.1 Å². The van der Waals surface area contributed by atoms with Crippen LogP contribution in [0.5, 0.6) is 23.0 Å². The molecule has 0 saturated carbocycles. The third-order valence-corrected chi connectivity index (χ3v) is 3.58. The third kappa shape index (κ3) is 3.66. The van der Waals surface area contributed by atoms with E-state index >= 15 is 0 Å². The van der Waals surface area contributed by atoms with Crippen LogP contribution in [0.25, 0.3) is 0 Å². The molecule has 6 nitrogen and oxygen atoms in total. The van der Waals surface area contributed by atoms with E-state index in [2.05, 4.69) is 5.32 Å². The number of fused-ring (bicyclic) bond motifs is 1. The van der Waals surface area contributed by atoms with Crippen LogP contribution < -0.4 is 14.8 Å². The first-order chi connectivity index (χ1) is 11.1. The van der Waals surface area contributed by atoms with Gasteiger partial charge in [-0.25, -0.2) is 0 Å². The number of nitrogens with one attached hydrogen (secondary N) is 1. The van der Waals surface area contributed by atoms with Crippen molar-refractivity contribution in [2.75, 3.05) is 13.3 Å². The molecule has 1 aliphatic heterocycles. The van der Waals surface area contributed by atoms with Crippen LogP contribution >= 0.6 is 0 Å². The lowest BCUT2D eigenvalue weighted by molar-refractivity contribution is -0.120. The van der Waals surface area contributed by atoms with E-state index in [9.17, 15) is 15.0 Å². The number of benzene rings is 2. The Morgan fingerprint density at radius 2 is 1.78 bits per heavy atom.